The second-order valence-corrected chi connectivity index (χ2v) is 10.4. The molecular weight excluding hydrogens is 426 g/mol. The van der Waals surface area contributed by atoms with Gasteiger partial charge in [-0.2, -0.15) is 0 Å². The fourth-order valence-electron chi connectivity index (χ4n) is 3.85. The number of aliphatic hydroxyl groups excluding tert-OH is 2. The molecule has 1 unspecified atom stereocenters. The van der Waals surface area contributed by atoms with Crippen LogP contribution in [-0.2, 0) is 14.3 Å². The largest absolute Gasteiger partial charge is 0.457 e. The zero-order valence-electron chi connectivity index (χ0n) is 19.8. The molecule has 0 saturated heterocycles. The van der Waals surface area contributed by atoms with Crippen molar-refractivity contribution in [2.45, 2.75) is 91.5 Å². The molecule has 1 aromatic heterocycles. The van der Waals surface area contributed by atoms with Gasteiger partial charge in [-0.3, -0.25) is 9.59 Å². The van der Waals surface area contributed by atoms with Crippen molar-refractivity contribution in [3.05, 3.63) is 33.8 Å². The van der Waals surface area contributed by atoms with E-state index < -0.39 is 35.6 Å². The van der Waals surface area contributed by atoms with Crippen LogP contribution in [0.15, 0.2) is 23.1 Å². The SMILES string of the molecule is C/C(=C\c1csc(C)n1)C1C/C=C/CCCC[C@@H](O)[C@@H](C)C(=O)C(C)(C)[C@@H](O)CC(=O)O1. The van der Waals surface area contributed by atoms with E-state index in [1.165, 1.54) is 0 Å². The lowest BCUT2D eigenvalue weighted by Crippen LogP contribution is -2.44. The molecular formula is C25H37NO5S. The summed E-state index contributed by atoms with van der Waals surface area (Å²) in [6.45, 7) is 8.78. The number of aromatic nitrogens is 1. The van der Waals surface area contributed by atoms with Crippen molar-refractivity contribution in [2.75, 3.05) is 0 Å². The van der Waals surface area contributed by atoms with Gasteiger partial charge in [-0.15, -0.1) is 11.3 Å². The van der Waals surface area contributed by atoms with Gasteiger partial charge in [0.05, 0.1) is 34.7 Å². The Bertz CT molecular complexity index is 841. The van der Waals surface area contributed by atoms with E-state index in [2.05, 4.69) is 11.1 Å². The van der Waals surface area contributed by atoms with Gasteiger partial charge in [0.1, 0.15) is 11.9 Å². The molecule has 0 saturated carbocycles. The Kier molecular flexibility index (Phi) is 9.80. The Hall–Kier alpha value is -1.83. The first kappa shape index (κ1) is 26.4. The number of aliphatic hydroxyl groups is 2. The van der Waals surface area contributed by atoms with Gasteiger partial charge in [0.2, 0.25) is 0 Å². The van der Waals surface area contributed by atoms with Crippen LogP contribution in [0, 0.1) is 18.3 Å². The van der Waals surface area contributed by atoms with Crippen molar-refractivity contribution < 1.29 is 24.5 Å². The Labute approximate surface area is 195 Å². The van der Waals surface area contributed by atoms with Crippen LogP contribution < -0.4 is 0 Å². The highest BCUT2D eigenvalue weighted by Crippen LogP contribution is 2.31. The number of thiazole rings is 1. The molecule has 1 aliphatic rings. The molecule has 2 rings (SSSR count). The van der Waals surface area contributed by atoms with E-state index in [1.54, 1.807) is 32.1 Å². The van der Waals surface area contributed by atoms with Gasteiger partial charge in [-0.25, -0.2) is 4.98 Å². The fourth-order valence-corrected chi connectivity index (χ4v) is 4.42. The Morgan fingerprint density at radius 1 is 1.25 bits per heavy atom. The molecule has 4 atom stereocenters. The minimum atomic E-state index is -1.20. The maximum atomic E-state index is 13.0. The van der Waals surface area contributed by atoms with E-state index in [9.17, 15) is 19.8 Å². The number of ketones is 1. The van der Waals surface area contributed by atoms with Crippen LogP contribution in [0.1, 0.15) is 76.9 Å². The first-order valence-corrected chi connectivity index (χ1v) is 12.3. The number of hydrogen-bond acceptors (Lipinski definition) is 7. The summed E-state index contributed by atoms with van der Waals surface area (Å²) in [6.07, 6.45) is 6.89. The van der Waals surface area contributed by atoms with E-state index >= 15 is 0 Å². The molecule has 2 N–H and O–H groups in total. The third-order valence-corrected chi connectivity index (χ3v) is 7.04. The molecule has 1 aromatic rings. The zero-order chi connectivity index (χ0) is 23.9. The maximum absolute atomic E-state index is 13.0. The molecule has 2 heterocycles. The highest BCUT2D eigenvalue weighted by Gasteiger charge is 2.41. The lowest BCUT2D eigenvalue weighted by Gasteiger charge is -2.33. The van der Waals surface area contributed by atoms with Gasteiger partial charge in [0, 0.05) is 17.7 Å². The van der Waals surface area contributed by atoms with Crippen LogP contribution >= 0.6 is 11.3 Å². The third-order valence-electron chi connectivity index (χ3n) is 6.25. The number of esters is 1. The molecule has 7 heteroatoms. The quantitative estimate of drug-likeness (QED) is 0.490. The molecule has 6 nitrogen and oxygen atoms in total. The summed E-state index contributed by atoms with van der Waals surface area (Å²) in [7, 11) is 0. The number of cyclic esters (lactones) is 1. The standard InChI is InChI=1S/C25H37NO5S/c1-16(13-19-15-32-18(3)26-19)21-12-10-8-6-7-9-11-20(27)17(2)24(30)25(4,5)22(28)14-23(29)31-21/h8,10,13,15,17,20-22,27-28H,6-7,9,11-12,14H2,1-5H3/b10-8+,16-13+/t17-,20-,21?,22+/m1/s1. The van der Waals surface area contributed by atoms with E-state index in [0.29, 0.717) is 12.8 Å². The smallest absolute Gasteiger partial charge is 0.309 e. The third kappa shape index (κ3) is 7.36. The number of Topliss-reactive ketones (excluding diaryl/α,β-unsaturated/α-hetero) is 1. The molecule has 178 valence electrons. The monoisotopic (exact) mass is 463 g/mol. The minimum Gasteiger partial charge on any atom is -0.457 e. The predicted molar refractivity (Wildman–Crippen MR) is 127 cm³/mol. The minimum absolute atomic E-state index is 0.246. The lowest BCUT2D eigenvalue weighted by molar-refractivity contribution is -0.153. The average Bonchev–Trinajstić information content (AvgIpc) is 3.14. The topological polar surface area (TPSA) is 96.7 Å². The normalized spacial score (nSPS) is 30.0. The summed E-state index contributed by atoms with van der Waals surface area (Å²) in [5.41, 5.74) is 0.530. The van der Waals surface area contributed by atoms with Gasteiger partial charge in [0.15, 0.2) is 0 Å². The van der Waals surface area contributed by atoms with E-state index in [-0.39, 0.29) is 12.2 Å². The number of aryl methyl sites for hydroxylation is 1. The van der Waals surface area contributed by atoms with E-state index in [1.807, 2.05) is 31.4 Å². The molecule has 32 heavy (non-hydrogen) atoms. The van der Waals surface area contributed by atoms with Crippen LogP contribution in [0.2, 0.25) is 0 Å². The molecule has 0 bridgehead atoms. The van der Waals surface area contributed by atoms with Gasteiger partial charge in [0.25, 0.3) is 0 Å². The second kappa shape index (κ2) is 11.9. The summed E-state index contributed by atoms with van der Waals surface area (Å²) in [6, 6.07) is 0. The highest BCUT2D eigenvalue weighted by atomic mass is 32.1. The van der Waals surface area contributed by atoms with Crippen molar-refractivity contribution in [3.8, 4) is 0 Å². The second-order valence-electron chi connectivity index (χ2n) is 9.31. The van der Waals surface area contributed by atoms with Crippen LogP contribution in [0.3, 0.4) is 0 Å². The van der Waals surface area contributed by atoms with Crippen LogP contribution in [-0.4, -0.2) is 45.3 Å². The van der Waals surface area contributed by atoms with Gasteiger partial charge in [-0.05, 0) is 44.8 Å². The maximum Gasteiger partial charge on any atom is 0.309 e. The van der Waals surface area contributed by atoms with Crippen molar-refractivity contribution >= 4 is 29.2 Å². The van der Waals surface area contributed by atoms with Crippen molar-refractivity contribution in [1.82, 2.24) is 4.98 Å². The summed E-state index contributed by atoms with van der Waals surface area (Å²) < 4.78 is 5.74. The zero-order valence-corrected chi connectivity index (χ0v) is 20.7. The Morgan fingerprint density at radius 3 is 2.62 bits per heavy atom. The van der Waals surface area contributed by atoms with E-state index in [4.69, 9.17) is 4.74 Å². The van der Waals surface area contributed by atoms with Crippen LogP contribution in [0.5, 0.6) is 0 Å². The number of carbonyl (C=O) groups excluding carboxylic acids is 2. The summed E-state index contributed by atoms with van der Waals surface area (Å²) in [5.74, 6) is -1.42. The first-order chi connectivity index (χ1) is 15.0. The Balaban J connectivity index is 2.24. The van der Waals surface area contributed by atoms with E-state index in [0.717, 1.165) is 35.5 Å². The molecule has 0 fully saturated rings. The first-order valence-electron chi connectivity index (χ1n) is 11.4. The van der Waals surface area contributed by atoms with Crippen molar-refractivity contribution in [1.29, 1.82) is 0 Å². The summed E-state index contributed by atoms with van der Waals surface area (Å²) in [5, 5.41) is 24.1. The number of hydrogen-bond donors (Lipinski definition) is 2. The number of carbonyl (C=O) groups is 2. The fraction of sp³-hybridized carbons (Fsp3) is 0.640. The number of allylic oxidation sites excluding steroid dienone is 1. The van der Waals surface area contributed by atoms with Gasteiger partial charge >= 0.3 is 5.97 Å². The summed E-state index contributed by atoms with van der Waals surface area (Å²) in [4.78, 5) is 30.1. The summed E-state index contributed by atoms with van der Waals surface area (Å²) >= 11 is 1.56. The van der Waals surface area contributed by atoms with Gasteiger partial charge < -0.3 is 14.9 Å². The molecule has 0 radical (unpaired) electrons. The lowest BCUT2D eigenvalue weighted by atomic mass is 9.74. The number of rotatable bonds is 2. The molecule has 0 aliphatic carbocycles. The van der Waals surface area contributed by atoms with Crippen molar-refractivity contribution in [2.24, 2.45) is 11.3 Å². The molecule has 0 spiro atoms. The Morgan fingerprint density at radius 2 is 1.97 bits per heavy atom. The number of nitrogens with zero attached hydrogens (tertiary/aromatic N) is 1. The van der Waals surface area contributed by atoms with Crippen LogP contribution in [0.4, 0.5) is 0 Å². The highest BCUT2D eigenvalue weighted by molar-refractivity contribution is 7.09. The number of ether oxygens (including phenoxy) is 1. The predicted octanol–water partition coefficient (Wildman–Crippen LogP) is 4.63. The average molecular weight is 464 g/mol. The van der Waals surface area contributed by atoms with Gasteiger partial charge in [-0.1, -0.05) is 39.3 Å². The van der Waals surface area contributed by atoms with Crippen LogP contribution in [0.25, 0.3) is 6.08 Å². The van der Waals surface area contributed by atoms with Crippen molar-refractivity contribution in [3.63, 3.8) is 0 Å². The molecule has 1 aliphatic heterocycles. The molecule has 0 aromatic carbocycles. The molecule has 0 amide bonds.